The first-order valence-corrected chi connectivity index (χ1v) is 7.41. The molecule has 0 radical (unpaired) electrons. The SMILES string of the molecule is CC(C)OCCNC(=O)C(NC(=O)OC(C)(C)C)C(C)C. The fourth-order valence-electron chi connectivity index (χ4n) is 1.55. The molecule has 0 aliphatic rings. The highest BCUT2D eigenvalue weighted by Gasteiger charge is 2.26. The summed E-state index contributed by atoms with van der Waals surface area (Å²) in [5, 5.41) is 5.36. The number of hydrogen-bond acceptors (Lipinski definition) is 4. The normalized spacial score (nSPS) is 13.2. The number of rotatable bonds is 7. The third-order valence-electron chi connectivity index (χ3n) is 2.47. The van der Waals surface area contributed by atoms with Gasteiger partial charge in [-0.2, -0.15) is 0 Å². The highest BCUT2D eigenvalue weighted by molar-refractivity contribution is 5.85. The molecule has 0 saturated heterocycles. The summed E-state index contributed by atoms with van der Waals surface area (Å²) in [4.78, 5) is 23.9. The Kier molecular flexibility index (Phi) is 8.32. The molecule has 1 atom stereocenters. The van der Waals surface area contributed by atoms with Crippen molar-refractivity contribution in [2.45, 2.75) is 66.2 Å². The average Bonchev–Trinajstić information content (AvgIpc) is 2.28. The zero-order valence-corrected chi connectivity index (χ0v) is 14.3. The molecule has 0 aliphatic heterocycles. The largest absolute Gasteiger partial charge is 0.444 e. The quantitative estimate of drug-likeness (QED) is 0.706. The van der Waals surface area contributed by atoms with Gasteiger partial charge in [0.1, 0.15) is 11.6 Å². The van der Waals surface area contributed by atoms with Gasteiger partial charge in [0.25, 0.3) is 0 Å². The van der Waals surface area contributed by atoms with E-state index in [2.05, 4.69) is 10.6 Å². The first kappa shape index (κ1) is 19.7. The second-order valence-corrected chi connectivity index (χ2v) is 6.58. The molecule has 1 unspecified atom stereocenters. The van der Waals surface area contributed by atoms with Crippen molar-refractivity contribution in [1.82, 2.24) is 10.6 Å². The summed E-state index contributed by atoms with van der Waals surface area (Å²) < 4.78 is 10.5. The number of hydrogen-bond donors (Lipinski definition) is 2. The number of carbonyl (C=O) groups excluding carboxylic acids is 2. The molecule has 0 bridgehead atoms. The fourth-order valence-corrected chi connectivity index (χ4v) is 1.55. The van der Waals surface area contributed by atoms with Crippen LogP contribution >= 0.6 is 0 Å². The molecule has 2 amide bonds. The summed E-state index contributed by atoms with van der Waals surface area (Å²) in [6.45, 7) is 13.8. The summed E-state index contributed by atoms with van der Waals surface area (Å²) in [5.74, 6) is -0.272. The predicted molar refractivity (Wildman–Crippen MR) is 82.1 cm³/mol. The van der Waals surface area contributed by atoms with E-state index in [1.807, 2.05) is 27.7 Å². The lowest BCUT2D eigenvalue weighted by molar-refractivity contribution is -0.124. The van der Waals surface area contributed by atoms with Gasteiger partial charge in [-0.1, -0.05) is 13.8 Å². The summed E-state index contributed by atoms with van der Waals surface area (Å²) >= 11 is 0. The maximum absolute atomic E-state index is 12.1. The minimum Gasteiger partial charge on any atom is -0.444 e. The average molecular weight is 302 g/mol. The third kappa shape index (κ3) is 10.1. The Morgan fingerprint density at radius 2 is 1.67 bits per heavy atom. The zero-order valence-electron chi connectivity index (χ0n) is 14.3. The van der Waals surface area contributed by atoms with Crippen LogP contribution in [0.3, 0.4) is 0 Å². The van der Waals surface area contributed by atoms with E-state index < -0.39 is 17.7 Å². The van der Waals surface area contributed by atoms with Crippen molar-refractivity contribution in [2.24, 2.45) is 5.92 Å². The maximum atomic E-state index is 12.1. The van der Waals surface area contributed by atoms with Crippen LogP contribution in [0.4, 0.5) is 4.79 Å². The lowest BCUT2D eigenvalue weighted by atomic mass is 10.0. The van der Waals surface area contributed by atoms with E-state index in [-0.39, 0.29) is 17.9 Å². The molecule has 6 nitrogen and oxygen atoms in total. The lowest BCUT2D eigenvalue weighted by Crippen LogP contribution is -2.51. The van der Waals surface area contributed by atoms with Crippen LogP contribution in [0.25, 0.3) is 0 Å². The standard InChI is InChI=1S/C15H30N2O4/c1-10(2)12(17-14(19)21-15(5,6)7)13(18)16-8-9-20-11(3)4/h10-12H,8-9H2,1-7H3,(H,16,18)(H,17,19). The summed E-state index contributed by atoms with van der Waals surface area (Å²) in [6.07, 6.45) is -0.461. The van der Waals surface area contributed by atoms with Gasteiger partial charge in [-0.25, -0.2) is 4.79 Å². The molecule has 0 aromatic heterocycles. The second kappa shape index (κ2) is 8.87. The van der Waals surface area contributed by atoms with Gasteiger partial charge < -0.3 is 20.1 Å². The Hall–Kier alpha value is -1.30. The number of carbonyl (C=O) groups is 2. The number of ether oxygens (including phenoxy) is 2. The Labute approximate surface area is 127 Å². The molecular formula is C15H30N2O4. The minimum atomic E-state index is -0.626. The van der Waals surface area contributed by atoms with Crippen LogP contribution in [0, 0.1) is 5.92 Å². The zero-order chi connectivity index (χ0) is 16.6. The van der Waals surface area contributed by atoms with Crippen molar-refractivity contribution in [3.8, 4) is 0 Å². The molecule has 124 valence electrons. The highest BCUT2D eigenvalue weighted by Crippen LogP contribution is 2.08. The van der Waals surface area contributed by atoms with Crippen LogP contribution in [0.2, 0.25) is 0 Å². The molecule has 0 heterocycles. The van der Waals surface area contributed by atoms with Crippen molar-refractivity contribution in [2.75, 3.05) is 13.2 Å². The van der Waals surface area contributed by atoms with Gasteiger partial charge in [-0.05, 0) is 40.5 Å². The van der Waals surface area contributed by atoms with Crippen molar-refractivity contribution >= 4 is 12.0 Å². The predicted octanol–water partition coefficient (Wildman–Crippen LogP) is 2.08. The molecule has 0 fully saturated rings. The Morgan fingerprint density at radius 1 is 1.10 bits per heavy atom. The van der Waals surface area contributed by atoms with Crippen LogP contribution in [0.1, 0.15) is 48.5 Å². The topological polar surface area (TPSA) is 76.7 Å². The molecule has 0 aromatic carbocycles. The van der Waals surface area contributed by atoms with E-state index in [1.54, 1.807) is 20.8 Å². The minimum absolute atomic E-state index is 0.0384. The first-order valence-electron chi connectivity index (χ1n) is 7.41. The monoisotopic (exact) mass is 302 g/mol. The molecular weight excluding hydrogens is 272 g/mol. The molecule has 0 saturated carbocycles. The van der Waals surface area contributed by atoms with Crippen LogP contribution in [0.15, 0.2) is 0 Å². The van der Waals surface area contributed by atoms with E-state index >= 15 is 0 Å². The van der Waals surface area contributed by atoms with Gasteiger partial charge in [0.2, 0.25) is 5.91 Å². The summed E-state index contributed by atoms with van der Waals surface area (Å²) in [6, 6.07) is -0.626. The molecule has 6 heteroatoms. The highest BCUT2D eigenvalue weighted by atomic mass is 16.6. The lowest BCUT2D eigenvalue weighted by Gasteiger charge is -2.25. The van der Waals surface area contributed by atoms with E-state index in [4.69, 9.17) is 9.47 Å². The van der Waals surface area contributed by atoms with Gasteiger partial charge in [0.15, 0.2) is 0 Å². The smallest absolute Gasteiger partial charge is 0.408 e. The Balaban J connectivity index is 4.34. The summed E-state index contributed by atoms with van der Waals surface area (Å²) in [5.41, 5.74) is -0.590. The number of alkyl carbamates (subject to hydrolysis) is 1. The van der Waals surface area contributed by atoms with Gasteiger partial charge in [-0.3, -0.25) is 4.79 Å². The molecule has 0 aromatic rings. The number of nitrogens with one attached hydrogen (secondary N) is 2. The van der Waals surface area contributed by atoms with E-state index in [0.717, 1.165) is 0 Å². The van der Waals surface area contributed by atoms with Gasteiger partial charge in [0, 0.05) is 6.54 Å². The summed E-state index contributed by atoms with van der Waals surface area (Å²) in [7, 11) is 0. The Morgan fingerprint density at radius 3 is 2.10 bits per heavy atom. The van der Waals surface area contributed by atoms with Gasteiger partial charge in [0.05, 0.1) is 12.7 Å². The Bertz CT molecular complexity index is 335. The molecule has 0 rings (SSSR count). The van der Waals surface area contributed by atoms with Crippen molar-refractivity contribution in [1.29, 1.82) is 0 Å². The molecule has 21 heavy (non-hydrogen) atoms. The van der Waals surface area contributed by atoms with Crippen LogP contribution in [-0.4, -0.2) is 42.9 Å². The van der Waals surface area contributed by atoms with E-state index in [9.17, 15) is 9.59 Å². The second-order valence-electron chi connectivity index (χ2n) is 6.58. The number of amides is 2. The van der Waals surface area contributed by atoms with Crippen molar-refractivity contribution < 1.29 is 19.1 Å². The van der Waals surface area contributed by atoms with Crippen molar-refractivity contribution in [3.05, 3.63) is 0 Å². The van der Waals surface area contributed by atoms with Gasteiger partial charge >= 0.3 is 6.09 Å². The maximum Gasteiger partial charge on any atom is 0.408 e. The van der Waals surface area contributed by atoms with Crippen LogP contribution in [-0.2, 0) is 14.3 Å². The molecule has 0 spiro atoms. The first-order chi connectivity index (χ1) is 9.53. The van der Waals surface area contributed by atoms with Crippen molar-refractivity contribution in [3.63, 3.8) is 0 Å². The molecule has 0 aliphatic carbocycles. The van der Waals surface area contributed by atoms with Gasteiger partial charge in [-0.15, -0.1) is 0 Å². The van der Waals surface area contributed by atoms with E-state index in [0.29, 0.717) is 13.2 Å². The van der Waals surface area contributed by atoms with E-state index in [1.165, 1.54) is 0 Å². The third-order valence-corrected chi connectivity index (χ3v) is 2.47. The van der Waals surface area contributed by atoms with Crippen LogP contribution < -0.4 is 10.6 Å². The fraction of sp³-hybridized carbons (Fsp3) is 0.867. The molecule has 2 N–H and O–H groups in total. The van der Waals surface area contributed by atoms with Crippen LogP contribution in [0.5, 0.6) is 0 Å².